The molecule has 7 heteroatoms. The summed E-state index contributed by atoms with van der Waals surface area (Å²) in [7, 11) is 0. The molecule has 0 aliphatic rings. The van der Waals surface area contributed by atoms with Crippen LogP contribution in [-0.4, -0.2) is 29.2 Å². The Bertz CT molecular complexity index is 694. The molecular weight excluding hydrogens is 441 g/mol. The molecule has 0 saturated carbocycles. The normalized spacial score (nSPS) is 11.8. The number of hydrogen-bond donors (Lipinski definition) is 2. The molecule has 0 aliphatic carbocycles. The number of halogens is 1. The Morgan fingerprint density at radius 1 is 1.15 bits per heavy atom. The smallest absolute Gasteiger partial charge is 0.248 e. The van der Waals surface area contributed by atoms with E-state index in [-0.39, 0.29) is 29.4 Å². The monoisotopic (exact) mass is 471 g/mol. The van der Waals surface area contributed by atoms with Crippen molar-refractivity contribution in [3.63, 3.8) is 0 Å². The fraction of sp³-hybridized carbons (Fsp3) is 0.526. The van der Waals surface area contributed by atoms with Gasteiger partial charge in [-0.3, -0.25) is 0 Å². The minimum atomic E-state index is -0.0104. The number of nitrogens with one attached hydrogen (secondary N) is 2. The highest BCUT2D eigenvalue weighted by atomic mass is 127. The molecule has 1 aromatic heterocycles. The summed E-state index contributed by atoms with van der Waals surface area (Å²) in [6, 6.07) is 8.83. The van der Waals surface area contributed by atoms with Gasteiger partial charge in [-0.2, -0.15) is 4.98 Å². The average molecular weight is 471 g/mol. The van der Waals surface area contributed by atoms with Gasteiger partial charge >= 0.3 is 0 Å². The van der Waals surface area contributed by atoms with Gasteiger partial charge in [0.05, 0.1) is 0 Å². The summed E-state index contributed by atoms with van der Waals surface area (Å²) in [5.74, 6) is 1.89. The first-order valence-corrected chi connectivity index (χ1v) is 8.85. The first kappa shape index (κ1) is 22.4. The summed E-state index contributed by atoms with van der Waals surface area (Å²) in [5, 5.41) is 10.4. The Balaban J connectivity index is 0.00000338. The first-order valence-electron chi connectivity index (χ1n) is 8.85. The van der Waals surface area contributed by atoms with Crippen LogP contribution in [0, 0.1) is 6.92 Å². The molecule has 0 unspecified atom stereocenters. The van der Waals surface area contributed by atoms with Crippen LogP contribution in [0.5, 0.6) is 0 Å². The van der Waals surface area contributed by atoms with Crippen molar-refractivity contribution in [2.45, 2.75) is 53.0 Å². The molecule has 0 radical (unpaired) electrons. The zero-order valence-electron chi connectivity index (χ0n) is 16.3. The molecule has 6 nitrogen and oxygen atoms in total. The maximum Gasteiger partial charge on any atom is 0.248 e. The number of rotatable bonds is 7. The van der Waals surface area contributed by atoms with Crippen molar-refractivity contribution in [1.29, 1.82) is 0 Å². The Hall–Kier alpha value is -1.64. The third-order valence-corrected chi connectivity index (χ3v) is 4.13. The van der Waals surface area contributed by atoms with Gasteiger partial charge < -0.3 is 15.2 Å². The Morgan fingerprint density at radius 3 is 2.38 bits per heavy atom. The molecule has 0 aliphatic heterocycles. The summed E-state index contributed by atoms with van der Waals surface area (Å²) in [5.41, 5.74) is 2.65. The SMILES string of the molecule is CCNC(=NCc1nc(C)no1)NCC(C)(C)c1ccc(CC)cc1.I. The molecule has 0 amide bonds. The van der Waals surface area contributed by atoms with Crippen LogP contribution in [0.3, 0.4) is 0 Å². The van der Waals surface area contributed by atoms with Gasteiger partial charge in [0.15, 0.2) is 11.8 Å². The summed E-state index contributed by atoms with van der Waals surface area (Å²) in [4.78, 5) is 8.69. The van der Waals surface area contributed by atoms with E-state index in [9.17, 15) is 0 Å². The Kier molecular flexibility index (Phi) is 9.04. The summed E-state index contributed by atoms with van der Waals surface area (Å²) >= 11 is 0. The molecule has 144 valence electrons. The van der Waals surface area contributed by atoms with E-state index in [0.29, 0.717) is 18.3 Å². The van der Waals surface area contributed by atoms with Crippen molar-refractivity contribution >= 4 is 29.9 Å². The highest BCUT2D eigenvalue weighted by molar-refractivity contribution is 14.0. The second-order valence-corrected chi connectivity index (χ2v) is 6.72. The van der Waals surface area contributed by atoms with Crippen LogP contribution in [0.1, 0.15) is 50.5 Å². The number of aliphatic imine (C=N–C) groups is 1. The lowest BCUT2D eigenvalue weighted by Crippen LogP contribution is -2.43. The van der Waals surface area contributed by atoms with E-state index < -0.39 is 0 Å². The van der Waals surface area contributed by atoms with Gasteiger partial charge in [-0.25, -0.2) is 4.99 Å². The van der Waals surface area contributed by atoms with Crippen LogP contribution in [0.15, 0.2) is 33.8 Å². The van der Waals surface area contributed by atoms with Crippen molar-refractivity contribution in [2.24, 2.45) is 4.99 Å². The Labute approximate surface area is 173 Å². The highest BCUT2D eigenvalue weighted by Gasteiger charge is 2.21. The third kappa shape index (κ3) is 6.59. The standard InChI is InChI=1S/C19H29N5O.HI/c1-6-15-8-10-16(11-9-15)19(4,5)13-22-18(20-7-2)21-12-17-23-14(3)24-25-17;/h8-11H,6-7,12-13H2,1-5H3,(H2,20,21,22);1H. The molecule has 2 aromatic rings. The lowest BCUT2D eigenvalue weighted by atomic mass is 9.84. The molecule has 0 fully saturated rings. The number of hydrogen-bond acceptors (Lipinski definition) is 4. The maximum atomic E-state index is 5.11. The van der Waals surface area contributed by atoms with Gasteiger partial charge in [-0.1, -0.05) is 50.2 Å². The molecular formula is C19H30IN5O. The number of benzene rings is 1. The van der Waals surface area contributed by atoms with Gasteiger partial charge in [-0.05, 0) is 31.4 Å². The number of aryl methyl sites for hydroxylation is 2. The summed E-state index contributed by atoms with van der Waals surface area (Å²) in [6.07, 6.45) is 1.06. The molecule has 1 aromatic carbocycles. The summed E-state index contributed by atoms with van der Waals surface area (Å²) < 4.78 is 5.11. The quantitative estimate of drug-likeness (QED) is 0.367. The number of aromatic nitrogens is 2. The van der Waals surface area contributed by atoms with Crippen LogP contribution in [0.2, 0.25) is 0 Å². The first-order chi connectivity index (χ1) is 11.9. The van der Waals surface area contributed by atoms with Crippen LogP contribution in [0.4, 0.5) is 0 Å². The second-order valence-electron chi connectivity index (χ2n) is 6.72. The molecule has 0 saturated heterocycles. The summed E-state index contributed by atoms with van der Waals surface area (Å²) in [6.45, 7) is 12.4. The minimum absolute atomic E-state index is 0. The van der Waals surface area contributed by atoms with Crippen molar-refractivity contribution in [1.82, 2.24) is 20.8 Å². The van der Waals surface area contributed by atoms with Gasteiger partial charge in [0.2, 0.25) is 5.89 Å². The fourth-order valence-electron chi connectivity index (χ4n) is 2.49. The second kappa shape index (κ2) is 10.5. The number of guanidine groups is 1. The lowest BCUT2D eigenvalue weighted by molar-refractivity contribution is 0.376. The van der Waals surface area contributed by atoms with E-state index in [0.717, 1.165) is 25.5 Å². The highest BCUT2D eigenvalue weighted by Crippen LogP contribution is 2.22. The predicted molar refractivity (Wildman–Crippen MR) is 116 cm³/mol. The van der Waals surface area contributed by atoms with E-state index in [1.807, 2.05) is 6.92 Å². The van der Waals surface area contributed by atoms with Gasteiger partial charge in [-0.15, -0.1) is 24.0 Å². The molecule has 0 bridgehead atoms. The fourth-order valence-corrected chi connectivity index (χ4v) is 2.49. The zero-order chi connectivity index (χ0) is 18.3. The van der Waals surface area contributed by atoms with E-state index in [4.69, 9.17) is 4.52 Å². The van der Waals surface area contributed by atoms with E-state index in [1.54, 1.807) is 6.92 Å². The van der Waals surface area contributed by atoms with Crippen molar-refractivity contribution < 1.29 is 4.52 Å². The van der Waals surface area contributed by atoms with Gasteiger partial charge in [0, 0.05) is 18.5 Å². The van der Waals surface area contributed by atoms with Crippen molar-refractivity contribution in [3.05, 3.63) is 47.1 Å². The predicted octanol–water partition coefficient (Wildman–Crippen LogP) is 3.59. The lowest BCUT2D eigenvalue weighted by Gasteiger charge is -2.27. The number of nitrogens with zero attached hydrogens (tertiary/aromatic N) is 3. The molecule has 2 rings (SSSR count). The zero-order valence-corrected chi connectivity index (χ0v) is 18.6. The van der Waals surface area contributed by atoms with E-state index in [1.165, 1.54) is 11.1 Å². The maximum absolute atomic E-state index is 5.11. The minimum Gasteiger partial charge on any atom is -0.357 e. The topological polar surface area (TPSA) is 75.3 Å². The van der Waals surface area contributed by atoms with Gasteiger partial charge in [0.1, 0.15) is 6.54 Å². The molecule has 1 heterocycles. The van der Waals surface area contributed by atoms with Crippen LogP contribution >= 0.6 is 24.0 Å². The van der Waals surface area contributed by atoms with Crippen LogP contribution < -0.4 is 10.6 Å². The van der Waals surface area contributed by atoms with E-state index >= 15 is 0 Å². The van der Waals surface area contributed by atoms with Gasteiger partial charge in [0.25, 0.3) is 0 Å². The average Bonchev–Trinajstić information content (AvgIpc) is 3.03. The van der Waals surface area contributed by atoms with Crippen LogP contribution in [-0.2, 0) is 18.4 Å². The van der Waals surface area contributed by atoms with Crippen LogP contribution in [0.25, 0.3) is 0 Å². The molecule has 2 N–H and O–H groups in total. The molecule has 0 atom stereocenters. The Morgan fingerprint density at radius 2 is 1.85 bits per heavy atom. The van der Waals surface area contributed by atoms with Crippen molar-refractivity contribution in [3.8, 4) is 0 Å². The largest absolute Gasteiger partial charge is 0.357 e. The molecule has 26 heavy (non-hydrogen) atoms. The molecule has 0 spiro atoms. The van der Waals surface area contributed by atoms with E-state index in [2.05, 4.69) is 70.8 Å². The third-order valence-electron chi connectivity index (χ3n) is 4.13. The van der Waals surface area contributed by atoms with Crippen molar-refractivity contribution in [2.75, 3.05) is 13.1 Å².